The highest BCUT2D eigenvalue weighted by molar-refractivity contribution is 6.24. The van der Waals surface area contributed by atoms with Crippen LogP contribution >= 0.6 is 0 Å². The van der Waals surface area contributed by atoms with Crippen molar-refractivity contribution in [3.8, 4) is 51.0 Å². The minimum absolute atomic E-state index is 0.628. The summed E-state index contributed by atoms with van der Waals surface area (Å²) in [4.78, 5) is 15.7. The minimum atomic E-state index is 0.628. The van der Waals surface area contributed by atoms with Crippen LogP contribution in [0.2, 0.25) is 0 Å². The van der Waals surface area contributed by atoms with Gasteiger partial charge in [-0.1, -0.05) is 176 Å². The lowest BCUT2D eigenvalue weighted by molar-refractivity contribution is 1.08. The van der Waals surface area contributed by atoms with Crippen molar-refractivity contribution in [3.63, 3.8) is 0 Å². The molecule has 2 heterocycles. The van der Waals surface area contributed by atoms with Crippen molar-refractivity contribution >= 4 is 64.9 Å². The smallest absolute Gasteiger partial charge is 0.164 e. The first-order valence-corrected chi connectivity index (χ1v) is 20.0. The van der Waals surface area contributed by atoms with E-state index in [1.54, 1.807) is 0 Å². The molecule has 0 unspecified atom stereocenters. The summed E-state index contributed by atoms with van der Waals surface area (Å²) in [6.07, 6.45) is 0. The van der Waals surface area contributed by atoms with Gasteiger partial charge in [0.15, 0.2) is 17.5 Å². The maximum atomic E-state index is 5.33. The zero-order valence-corrected chi connectivity index (χ0v) is 31.9. The lowest BCUT2D eigenvalue weighted by Crippen LogP contribution is -2.02. The summed E-state index contributed by atoms with van der Waals surface area (Å²) in [5.74, 6) is 1.90. The Morgan fingerprint density at radius 2 is 0.831 bits per heavy atom. The predicted octanol–water partition coefficient (Wildman–Crippen LogP) is 14.2. The lowest BCUT2D eigenvalue weighted by Gasteiger charge is -2.18. The SMILES string of the molecule is c1ccc(-c2nc(-c3cccc4ccccc34)nc(-c3ccc(-n4c5cc6ccccc6cc5c5c6ccccc6ccc54)c4c(-c5ccccc5)cccc34)n2)cc1. The summed E-state index contributed by atoms with van der Waals surface area (Å²) < 4.78 is 2.48. The zero-order valence-electron chi connectivity index (χ0n) is 31.9. The van der Waals surface area contributed by atoms with Gasteiger partial charge >= 0.3 is 0 Å². The van der Waals surface area contributed by atoms with E-state index >= 15 is 0 Å². The molecule has 0 N–H and O–H groups in total. The van der Waals surface area contributed by atoms with Gasteiger partial charge in [-0.2, -0.15) is 0 Å². The summed E-state index contributed by atoms with van der Waals surface area (Å²) in [5.41, 5.74) is 8.56. The first-order valence-electron chi connectivity index (χ1n) is 20.0. The normalized spacial score (nSPS) is 11.7. The molecule has 4 nitrogen and oxygen atoms in total. The maximum Gasteiger partial charge on any atom is 0.164 e. The Kier molecular flexibility index (Phi) is 7.50. The van der Waals surface area contributed by atoms with Gasteiger partial charge in [-0.3, -0.25) is 0 Å². The van der Waals surface area contributed by atoms with Gasteiger partial charge in [0.05, 0.1) is 16.7 Å². The topological polar surface area (TPSA) is 43.6 Å². The molecule has 0 aliphatic rings. The Hall–Kier alpha value is -7.95. The van der Waals surface area contributed by atoms with Crippen molar-refractivity contribution in [2.45, 2.75) is 0 Å². The maximum absolute atomic E-state index is 5.33. The summed E-state index contributed by atoms with van der Waals surface area (Å²) in [5, 5.41) is 11.8. The van der Waals surface area contributed by atoms with Crippen LogP contribution < -0.4 is 0 Å². The molecule has 0 spiro atoms. The highest BCUT2D eigenvalue weighted by Gasteiger charge is 2.22. The highest BCUT2D eigenvalue weighted by Crippen LogP contribution is 2.44. The van der Waals surface area contributed by atoms with Crippen molar-refractivity contribution in [1.29, 1.82) is 0 Å². The summed E-state index contributed by atoms with van der Waals surface area (Å²) in [7, 11) is 0. The molecular formula is C55H34N4. The van der Waals surface area contributed by atoms with E-state index in [-0.39, 0.29) is 0 Å². The third kappa shape index (κ3) is 5.34. The summed E-state index contributed by atoms with van der Waals surface area (Å²) >= 11 is 0. The predicted molar refractivity (Wildman–Crippen MR) is 246 cm³/mol. The van der Waals surface area contributed by atoms with Crippen molar-refractivity contribution < 1.29 is 0 Å². The molecule has 59 heavy (non-hydrogen) atoms. The molecule has 0 radical (unpaired) electrons. The summed E-state index contributed by atoms with van der Waals surface area (Å²) in [6.45, 7) is 0. The van der Waals surface area contributed by atoms with Crippen LogP contribution in [0.3, 0.4) is 0 Å². The fourth-order valence-electron chi connectivity index (χ4n) is 9.11. The molecule has 0 atom stereocenters. The molecule has 0 amide bonds. The van der Waals surface area contributed by atoms with E-state index in [1.807, 2.05) is 18.2 Å². The van der Waals surface area contributed by atoms with Crippen LogP contribution in [0.5, 0.6) is 0 Å². The Balaban J connectivity index is 1.20. The third-order valence-corrected chi connectivity index (χ3v) is 11.8. The molecule has 4 heteroatoms. The number of nitrogens with zero attached hydrogens (tertiary/aromatic N) is 4. The van der Waals surface area contributed by atoms with Crippen molar-refractivity contribution in [3.05, 3.63) is 206 Å². The first kappa shape index (κ1) is 33.2. The largest absolute Gasteiger partial charge is 0.309 e. The third-order valence-electron chi connectivity index (χ3n) is 11.8. The highest BCUT2D eigenvalue weighted by atomic mass is 15.0. The van der Waals surface area contributed by atoms with E-state index in [2.05, 4.69) is 193 Å². The van der Waals surface area contributed by atoms with Gasteiger partial charge in [0, 0.05) is 32.8 Å². The van der Waals surface area contributed by atoms with Crippen LogP contribution in [0.4, 0.5) is 0 Å². The number of rotatable bonds is 5. The molecular weight excluding hydrogens is 717 g/mol. The van der Waals surface area contributed by atoms with Crippen LogP contribution in [0.1, 0.15) is 0 Å². The average molecular weight is 751 g/mol. The Morgan fingerprint density at radius 1 is 0.288 bits per heavy atom. The molecule has 0 fully saturated rings. The van der Waals surface area contributed by atoms with Gasteiger partial charge in [-0.25, -0.2) is 15.0 Å². The molecule has 0 aliphatic heterocycles. The zero-order chi connectivity index (χ0) is 38.9. The Bertz CT molecular complexity index is 3600. The van der Waals surface area contributed by atoms with Crippen molar-refractivity contribution in [1.82, 2.24) is 19.5 Å². The summed E-state index contributed by atoms with van der Waals surface area (Å²) in [6, 6.07) is 73.5. The monoisotopic (exact) mass is 750 g/mol. The Labute approximate surface area is 340 Å². The van der Waals surface area contributed by atoms with E-state index in [9.17, 15) is 0 Å². The van der Waals surface area contributed by atoms with Gasteiger partial charge in [0.1, 0.15) is 0 Å². The first-order chi connectivity index (χ1) is 29.3. The van der Waals surface area contributed by atoms with E-state index in [0.29, 0.717) is 17.5 Å². The second-order valence-corrected chi connectivity index (χ2v) is 15.2. The molecule has 10 aromatic carbocycles. The molecule has 2 aromatic heterocycles. The van der Waals surface area contributed by atoms with Gasteiger partial charge < -0.3 is 4.57 Å². The van der Waals surface area contributed by atoms with Crippen molar-refractivity contribution in [2.24, 2.45) is 0 Å². The molecule has 0 saturated carbocycles. The fraction of sp³-hybridized carbons (Fsp3) is 0. The molecule has 12 aromatic rings. The molecule has 274 valence electrons. The minimum Gasteiger partial charge on any atom is -0.309 e. The number of aromatic nitrogens is 4. The number of hydrogen-bond acceptors (Lipinski definition) is 3. The van der Waals surface area contributed by atoms with E-state index in [1.165, 1.54) is 32.3 Å². The second kappa shape index (κ2) is 13.3. The van der Waals surface area contributed by atoms with Gasteiger partial charge in [0.2, 0.25) is 0 Å². The quantitative estimate of drug-likeness (QED) is 0.176. The van der Waals surface area contributed by atoms with Gasteiger partial charge in [-0.15, -0.1) is 0 Å². The van der Waals surface area contributed by atoms with Crippen molar-refractivity contribution in [2.75, 3.05) is 0 Å². The average Bonchev–Trinajstić information content (AvgIpc) is 3.63. The molecule has 12 rings (SSSR count). The fourth-order valence-corrected chi connectivity index (χ4v) is 9.11. The van der Waals surface area contributed by atoms with Gasteiger partial charge in [0.25, 0.3) is 0 Å². The van der Waals surface area contributed by atoms with Crippen LogP contribution in [-0.2, 0) is 0 Å². The second-order valence-electron chi connectivity index (χ2n) is 15.2. The Morgan fingerprint density at radius 3 is 1.59 bits per heavy atom. The standard InChI is InChI=1S/C55H34N4/c1-3-15-36(16-4-1)43-26-14-27-44-46(55-57-53(38-19-5-2-6-20-38)56-54(58-55)45-28-13-23-35-17-9-11-24-41(35)45)30-32-49(51(43)44)59-48-31-29-37-18-10-12-25-42(37)52(48)47-33-39-21-7-8-22-40(39)34-50(47)59/h1-34H. The number of hydrogen-bond donors (Lipinski definition) is 0. The van der Waals surface area contributed by atoms with E-state index < -0.39 is 0 Å². The lowest BCUT2D eigenvalue weighted by atomic mass is 9.93. The van der Waals surface area contributed by atoms with Gasteiger partial charge in [-0.05, 0) is 79.2 Å². The number of fused-ring (bicyclic) bond motifs is 8. The van der Waals surface area contributed by atoms with Crippen LogP contribution in [0, 0.1) is 0 Å². The van der Waals surface area contributed by atoms with Crippen LogP contribution in [0.15, 0.2) is 206 Å². The van der Waals surface area contributed by atoms with E-state index in [0.717, 1.165) is 66.1 Å². The number of benzene rings is 10. The van der Waals surface area contributed by atoms with E-state index in [4.69, 9.17) is 15.0 Å². The van der Waals surface area contributed by atoms with Crippen LogP contribution in [-0.4, -0.2) is 19.5 Å². The molecule has 0 saturated heterocycles. The molecule has 0 bridgehead atoms. The van der Waals surface area contributed by atoms with Crippen LogP contribution in [0.25, 0.3) is 116 Å². The molecule has 0 aliphatic carbocycles.